The van der Waals surface area contributed by atoms with E-state index in [9.17, 15) is 4.79 Å². The van der Waals surface area contributed by atoms with Crippen molar-refractivity contribution in [1.29, 1.82) is 0 Å². The Morgan fingerprint density at radius 3 is 2.64 bits per heavy atom. The second-order valence-electron chi connectivity index (χ2n) is 6.29. The topological polar surface area (TPSA) is 69.0 Å². The second-order valence-corrected chi connectivity index (χ2v) is 7.64. The molecule has 3 rings (SSSR count). The molecule has 0 fully saturated rings. The molecule has 1 heterocycles. The maximum atomic E-state index is 12.2. The Morgan fingerprint density at radius 1 is 1.21 bits per heavy atom. The number of para-hydroxylation sites is 1. The number of halogens is 1. The quantitative estimate of drug-likeness (QED) is 0.568. The highest BCUT2D eigenvalue weighted by Gasteiger charge is 2.18. The third kappa shape index (κ3) is 5.05. The van der Waals surface area contributed by atoms with Gasteiger partial charge in [-0.3, -0.25) is 4.79 Å². The predicted octanol–water partition coefficient (Wildman–Crippen LogP) is 4.65. The first-order valence-corrected chi connectivity index (χ1v) is 10.1. The number of amides is 1. The van der Waals surface area contributed by atoms with Gasteiger partial charge in [0.15, 0.2) is 17.1 Å². The van der Waals surface area contributed by atoms with E-state index < -0.39 is 0 Å². The number of hydrogen-bond acceptors (Lipinski definition) is 5. The molecule has 28 heavy (non-hydrogen) atoms. The van der Waals surface area contributed by atoms with Gasteiger partial charge in [-0.15, -0.1) is 10.2 Å². The minimum Gasteiger partial charge on any atom is -0.483 e. The largest absolute Gasteiger partial charge is 0.483 e. The van der Waals surface area contributed by atoms with E-state index in [4.69, 9.17) is 16.3 Å². The first-order chi connectivity index (χ1) is 13.4. The molecule has 1 N–H and O–H groups in total. The van der Waals surface area contributed by atoms with Crippen molar-refractivity contribution >= 4 is 35.0 Å². The monoisotopic (exact) mass is 416 g/mol. The lowest BCUT2D eigenvalue weighted by molar-refractivity contribution is -0.113. The standard InChI is InChI=1S/C20H21ClN4O2S/c1-13-8-10-15(11-9-13)27-14(2)19-23-24-20(25(19)3)28-12-18(26)22-17-7-5-4-6-16(17)21/h4-11,14H,12H2,1-3H3,(H,22,26). The van der Waals surface area contributed by atoms with Crippen LogP contribution in [0, 0.1) is 6.92 Å². The normalized spacial score (nSPS) is 11.9. The Bertz CT molecular complexity index is 959. The van der Waals surface area contributed by atoms with Crippen LogP contribution in [0.15, 0.2) is 53.7 Å². The molecule has 1 atom stereocenters. The Labute approximate surface area is 173 Å². The lowest BCUT2D eigenvalue weighted by Gasteiger charge is -2.14. The summed E-state index contributed by atoms with van der Waals surface area (Å²) in [6, 6.07) is 15.0. The summed E-state index contributed by atoms with van der Waals surface area (Å²) in [6.07, 6.45) is -0.272. The van der Waals surface area contributed by atoms with Crippen molar-refractivity contribution in [1.82, 2.24) is 14.8 Å². The maximum Gasteiger partial charge on any atom is 0.234 e. The van der Waals surface area contributed by atoms with Crippen molar-refractivity contribution in [2.45, 2.75) is 25.1 Å². The Balaban J connectivity index is 1.58. The fraction of sp³-hybridized carbons (Fsp3) is 0.250. The van der Waals surface area contributed by atoms with E-state index in [0.717, 1.165) is 5.75 Å². The number of rotatable bonds is 7. The molecule has 0 saturated carbocycles. The predicted molar refractivity (Wildman–Crippen MR) is 112 cm³/mol. The van der Waals surface area contributed by atoms with E-state index in [1.807, 2.05) is 61.9 Å². The lowest BCUT2D eigenvalue weighted by Crippen LogP contribution is -2.15. The van der Waals surface area contributed by atoms with Gasteiger partial charge in [0.2, 0.25) is 5.91 Å². The van der Waals surface area contributed by atoms with Crippen LogP contribution in [-0.4, -0.2) is 26.4 Å². The number of hydrogen-bond donors (Lipinski definition) is 1. The highest BCUT2D eigenvalue weighted by Crippen LogP contribution is 2.25. The molecule has 2 aromatic carbocycles. The van der Waals surface area contributed by atoms with Gasteiger partial charge in [0.05, 0.1) is 16.5 Å². The summed E-state index contributed by atoms with van der Waals surface area (Å²) in [5.41, 5.74) is 1.76. The van der Waals surface area contributed by atoms with Crippen molar-refractivity contribution in [3.63, 3.8) is 0 Å². The SMILES string of the molecule is Cc1ccc(OC(C)c2nnc(SCC(=O)Nc3ccccc3Cl)n2C)cc1. The molecular formula is C20H21ClN4O2S. The van der Waals surface area contributed by atoms with Crippen LogP contribution < -0.4 is 10.1 Å². The van der Waals surface area contributed by atoms with Crippen LogP contribution in [0.3, 0.4) is 0 Å². The molecule has 0 aliphatic heterocycles. The van der Waals surface area contributed by atoms with Gasteiger partial charge in [-0.25, -0.2) is 0 Å². The number of nitrogens with zero attached hydrogens (tertiary/aromatic N) is 3. The molecule has 6 nitrogen and oxygen atoms in total. The molecule has 0 radical (unpaired) electrons. The van der Waals surface area contributed by atoms with Gasteiger partial charge in [0.25, 0.3) is 0 Å². The van der Waals surface area contributed by atoms with Crippen LogP contribution in [-0.2, 0) is 11.8 Å². The van der Waals surface area contributed by atoms with E-state index >= 15 is 0 Å². The van der Waals surface area contributed by atoms with Crippen molar-refractivity contribution in [3.05, 3.63) is 64.9 Å². The summed E-state index contributed by atoms with van der Waals surface area (Å²) in [5, 5.41) is 12.3. The van der Waals surface area contributed by atoms with E-state index in [2.05, 4.69) is 15.5 Å². The third-order valence-corrected chi connectivity index (χ3v) is 5.40. The highest BCUT2D eigenvalue weighted by molar-refractivity contribution is 7.99. The molecule has 1 amide bonds. The summed E-state index contributed by atoms with van der Waals surface area (Å²) < 4.78 is 7.78. The van der Waals surface area contributed by atoms with Gasteiger partial charge in [-0.2, -0.15) is 0 Å². The molecule has 0 spiro atoms. The Kier molecular flexibility index (Phi) is 6.59. The minimum atomic E-state index is -0.272. The van der Waals surface area contributed by atoms with Gasteiger partial charge in [0.1, 0.15) is 5.75 Å². The van der Waals surface area contributed by atoms with Gasteiger partial charge < -0.3 is 14.6 Å². The third-order valence-electron chi connectivity index (χ3n) is 4.05. The lowest BCUT2D eigenvalue weighted by atomic mass is 10.2. The number of carbonyl (C=O) groups is 1. The molecule has 0 aliphatic rings. The smallest absolute Gasteiger partial charge is 0.234 e. The van der Waals surface area contributed by atoms with Crippen molar-refractivity contribution < 1.29 is 9.53 Å². The number of anilines is 1. The van der Waals surface area contributed by atoms with E-state index in [1.165, 1.54) is 17.3 Å². The molecular weight excluding hydrogens is 396 g/mol. The number of aryl methyl sites for hydroxylation is 1. The van der Waals surface area contributed by atoms with E-state index in [1.54, 1.807) is 12.1 Å². The molecule has 1 unspecified atom stereocenters. The fourth-order valence-electron chi connectivity index (χ4n) is 2.56. The summed E-state index contributed by atoms with van der Waals surface area (Å²) in [4.78, 5) is 12.2. The zero-order valence-electron chi connectivity index (χ0n) is 15.8. The first kappa shape index (κ1) is 20.2. The number of carbonyl (C=O) groups excluding carboxylic acids is 1. The number of nitrogens with one attached hydrogen (secondary N) is 1. The number of benzene rings is 2. The number of aromatic nitrogens is 3. The molecule has 146 valence electrons. The summed E-state index contributed by atoms with van der Waals surface area (Å²) in [7, 11) is 1.86. The van der Waals surface area contributed by atoms with Crippen LogP contribution in [0.1, 0.15) is 24.4 Å². The summed E-state index contributed by atoms with van der Waals surface area (Å²) in [5.74, 6) is 1.50. The molecule has 0 saturated heterocycles. The van der Waals surface area contributed by atoms with Crippen LogP contribution in [0.2, 0.25) is 5.02 Å². The average molecular weight is 417 g/mol. The molecule has 3 aromatic rings. The molecule has 0 bridgehead atoms. The van der Waals surface area contributed by atoms with Crippen LogP contribution >= 0.6 is 23.4 Å². The zero-order valence-corrected chi connectivity index (χ0v) is 17.4. The van der Waals surface area contributed by atoms with Crippen LogP contribution in [0.4, 0.5) is 5.69 Å². The van der Waals surface area contributed by atoms with Gasteiger partial charge >= 0.3 is 0 Å². The molecule has 8 heteroatoms. The van der Waals surface area contributed by atoms with Crippen molar-refractivity contribution in [2.24, 2.45) is 7.05 Å². The average Bonchev–Trinajstić information content (AvgIpc) is 3.04. The molecule has 1 aromatic heterocycles. The minimum absolute atomic E-state index is 0.161. The number of ether oxygens (including phenoxy) is 1. The van der Waals surface area contributed by atoms with Gasteiger partial charge in [0, 0.05) is 7.05 Å². The van der Waals surface area contributed by atoms with Crippen molar-refractivity contribution in [3.8, 4) is 5.75 Å². The maximum absolute atomic E-state index is 12.2. The summed E-state index contributed by atoms with van der Waals surface area (Å²) in [6.45, 7) is 3.95. The van der Waals surface area contributed by atoms with E-state index in [-0.39, 0.29) is 17.8 Å². The van der Waals surface area contributed by atoms with Gasteiger partial charge in [-0.1, -0.05) is 53.2 Å². The highest BCUT2D eigenvalue weighted by atomic mass is 35.5. The number of thioether (sulfide) groups is 1. The van der Waals surface area contributed by atoms with Crippen LogP contribution in [0.25, 0.3) is 0 Å². The second kappa shape index (κ2) is 9.12. The van der Waals surface area contributed by atoms with Gasteiger partial charge in [-0.05, 0) is 38.1 Å². The van der Waals surface area contributed by atoms with Crippen molar-refractivity contribution in [2.75, 3.05) is 11.1 Å². The van der Waals surface area contributed by atoms with E-state index in [0.29, 0.717) is 21.7 Å². The Hall–Kier alpha value is -2.51. The Morgan fingerprint density at radius 2 is 1.93 bits per heavy atom. The summed E-state index contributed by atoms with van der Waals surface area (Å²) >= 11 is 7.37. The van der Waals surface area contributed by atoms with Crippen LogP contribution in [0.5, 0.6) is 5.75 Å². The molecule has 0 aliphatic carbocycles. The first-order valence-electron chi connectivity index (χ1n) is 8.74. The fourth-order valence-corrected chi connectivity index (χ4v) is 3.46. The zero-order chi connectivity index (χ0) is 20.1.